The third-order valence-electron chi connectivity index (χ3n) is 8.72. The van der Waals surface area contributed by atoms with Crippen LogP contribution in [-0.2, 0) is 28.6 Å². The first-order chi connectivity index (χ1) is 21.7. The Labute approximate surface area is 277 Å². The van der Waals surface area contributed by atoms with Gasteiger partial charge in [0.1, 0.15) is 19.8 Å². The smallest absolute Gasteiger partial charge is 0.248 e. The summed E-state index contributed by atoms with van der Waals surface area (Å²) in [5.41, 5.74) is -0.586. The molecule has 0 N–H and O–H groups in total. The molecular weight excluding hydrogens is 570 g/mol. The highest BCUT2D eigenvalue weighted by Crippen LogP contribution is 2.24. The van der Waals surface area contributed by atoms with Crippen molar-refractivity contribution < 1.29 is 28.6 Å². The summed E-state index contributed by atoms with van der Waals surface area (Å²) in [7, 11) is 5.47. The molecule has 0 aromatic rings. The van der Waals surface area contributed by atoms with E-state index in [1.807, 2.05) is 28.1 Å². The minimum atomic E-state index is -0.586. The van der Waals surface area contributed by atoms with Crippen LogP contribution in [0.25, 0.3) is 0 Å². The van der Waals surface area contributed by atoms with Gasteiger partial charge in [-0.05, 0) is 25.7 Å². The van der Waals surface area contributed by atoms with Crippen LogP contribution in [-0.4, -0.2) is 113 Å². The van der Waals surface area contributed by atoms with Gasteiger partial charge in [0.05, 0.1) is 19.8 Å². The third kappa shape index (κ3) is 22.5. The SMILES string of the molecule is CCCCCCCN(C)C(=O)COCC(CC)(COCC(=O)N(C)CCCCCCC)COCC(=O)N(C)CCCCCCC. The minimum Gasteiger partial charge on any atom is -0.371 e. The number of ether oxygens (including phenoxy) is 3. The van der Waals surface area contributed by atoms with Crippen molar-refractivity contribution >= 4 is 17.7 Å². The molecule has 3 amide bonds. The summed E-state index contributed by atoms with van der Waals surface area (Å²) in [5.74, 6) is -0.156. The second-order valence-electron chi connectivity index (χ2n) is 13.0. The van der Waals surface area contributed by atoms with E-state index in [0.717, 1.165) is 58.2 Å². The summed E-state index contributed by atoms with van der Waals surface area (Å²) < 4.78 is 17.9. The molecule has 266 valence electrons. The third-order valence-corrected chi connectivity index (χ3v) is 8.72. The second kappa shape index (κ2) is 28.5. The Kier molecular flexibility index (Phi) is 27.4. The number of rotatable bonds is 31. The molecule has 0 bridgehead atoms. The van der Waals surface area contributed by atoms with E-state index in [9.17, 15) is 14.4 Å². The fourth-order valence-corrected chi connectivity index (χ4v) is 5.06. The topological polar surface area (TPSA) is 88.6 Å². The van der Waals surface area contributed by atoms with E-state index in [0.29, 0.717) is 6.42 Å². The van der Waals surface area contributed by atoms with Gasteiger partial charge >= 0.3 is 0 Å². The molecule has 0 rings (SSSR count). The zero-order chi connectivity index (χ0) is 33.8. The quantitative estimate of drug-likeness (QED) is 0.0782. The summed E-state index contributed by atoms with van der Waals surface area (Å²) in [5, 5.41) is 0. The summed E-state index contributed by atoms with van der Waals surface area (Å²) >= 11 is 0. The van der Waals surface area contributed by atoms with E-state index in [1.54, 1.807) is 14.7 Å². The van der Waals surface area contributed by atoms with Crippen LogP contribution in [0.4, 0.5) is 0 Å². The van der Waals surface area contributed by atoms with Crippen LogP contribution in [0, 0.1) is 5.41 Å². The van der Waals surface area contributed by atoms with Crippen molar-refractivity contribution in [3.05, 3.63) is 0 Å². The molecule has 0 fully saturated rings. The van der Waals surface area contributed by atoms with Gasteiger partial charge in [0, 0.05) is 46.2 Å². The number of amides is 3. The lowest BCUT2D eigenvalue weighted by molar-refractivity contribution is -0.144. The van der Waals surface area contributed by atoms with Crippen LogP contribution >= 0.6 is 0 Å². The van der Waals surface area contributed by atoms with Crippen LogP contribution in [0.3, 0.4) is 0 Å². The predicted molar refractivity (Wildman–Crippen MR) is 184 cm³/mol. The van der Waals surface area contributed by atoms with Gasteiger partial charge in [-0.1, -0.05) is 105 Å². The molecular formula is C36H71N3O6. The summed E-state index contributed by atoms with van der Waals surface area (Å²) in [6.45, 7) is 11.4. The van der Waals surface area contributed by atoms with Crippen LogP contribution in [0.1, 0.15) is 130 Å². The Morgan fingerprint density at radius 3 is 0.956 bits per heavy atom. The molecule has 0 radical (unpaired) electrons. The lowest BCUT2D eigenvalue weighted by Crippen LogP contribution is -2.41. The molecule has 0 saturated carbocycles. The standard InChI is InChI=1S/C36H71N3O6/c1-8-12-15-18-21-24-37(5)33(40)27-43-30-36(11-4,31-44-28-34(41)38(6)25-22-19-16-13-9-2)32-45-29-35(42)39(7)26-23-20-17-14-10-3/h8-32H2,1-7H3. The number of likely N-dealkylation sites (N-methyl/N-ethyl adjacent to an activating group) is 3. The molecule has 0 atom stereocenters. The summed E-state index contributed by atoms with van der Waals surface area (Å²) in [6.07, 6.45) is 17.9. The number of carbonyl (C=O) groups is 3. The van der Waals surface area contributed by atoms with Crippen molar-refractivity contribution in [1.82, 2.24) is 14.7 Å². The van der Waals surface area contributed by atoms with Crippen molar-refractivity contribution in [3.8, 4) is 0 Å². The highest BCUT2D eigenvalue weighted by atomic mass is 16.5. The first-order valence-electron chi connectivity index (χ1n) is 18.1. The molecule has 0 spiro atoms. The van der Waals surface area contributed by atoms with Crippen molar-refractivity contribution in [1.29, 1.82) is 0 Å². The monoisotopic (exact) mass is 642 g/mol. The van der Waals surface area contributed by atoms with Gasteiger partial charge in [0.15, 0.2) is 0 Å². The van der Waals surface area contributed by atoms with E-state index in [1.165, 1.54) is 57.8 Å². The predicted octanol–water partition coefficient (Wildman–Crippen LogP) is 6.72. The molecule has 9 heteroatoms. The second-order valence-corrected chi connectivity index (χ2v) is 13.0. The van der Waals surface area contributed by atoms with Gasteiger partial charge in [0.25, 0.3) is 0 Å². The number of hydrogen-bond acceptors (Lipinski definition) is 6. The van der Waals surface area contributed by atoms with Crippen molar-refractivity contribution in [3.63, 3.8) is 0 Å². The zero-order valence-electron chi connectivity index (χ0n) is 30.5. The largest absolute Gasteiger partial charge is 0.371 e. The van der Waals surface area contributed by atoms with E-state index in [4.69, 9.17) is 14.2 Å². The van der Waals surface area contributed by atoms with Crippen LogP contribution in [0.2, 0.25) is 0 Å². The molecule has 0 aliphatic rings. The molecule has 0 aliphatic heterocycles. The fourth-order valence-electron chi connectivity index (χ4n) is 5.06. The van der Waals surface area contributed by atoms with Crippen molar-refractivity contribution in [2.24, 2.45) is 5.41 Å². The van der Waals surface area contributed by atoms with Gasteiger partial charge in [-0.3, -0.25) is 14.4 Å². The zero-order valence-corrected chi connectivity index (χ0v) is 30.5. The molecule has 0 unspecified atom stereocenters. The Hall–Kier alpha value is -1.71. The summed E-state index contributed by atoms with van der Waals surface area (Å²) in [6, 6.07) is 0. The van der Waals surface area contributed by atoms with Crippen LogP contribution < -0.4 is 0 Å². The van der Waals surface area contributed by atoms with E-state index in [-0.39, 0.29) is 57.4 Å². The molecule has 0 heterocycles. The Bertz CT molecular complexity index is 657. The van der Waals surface area contributed by atoms with E-state index < -0.39 is 5.41 Å². The molecule has 0 aliphatic carbocycles. The molecule has 9 nitrogen and oxygen atoms in total. The maximum atomic E-state index is 12.7. The van der Waals surface area contributed by atoms with E-state index in [2.05, 4.69) is 20.8 Å². The molecule has 0 saturated heterocycles. The lowest BCUT2D eigenvalue weighted by atomic mass is 9.88. The molecule has 45 heavy (non-hydrogen) atoms. The van der Waals surface area contributed by atoms with E-state index >= 15 is 0 Å². The molecule has 0 aromatic carbocycles. The van der Waals surface area contributed by atoms with Gasteiger partial charge in [0.2, 0.25) is 17.7 Å². The normalized spacial score (nSPS) is 11.5. The molecule has 0 aromatic heterocycles. The minimum absolute atomic E-state index is 0.0212. The Morgan fingerprint density at radius 1 is 0.444 bits per heavy atom. The Balaban J connectivity index is 4.99. The van der Waals surface area contributed by atoms with Crippen LogP contribution in [0.15, 0.2) is 0 Å². The van der Waals surface area contributed by atoms with Gasteiger partial charge in [-0.25, -0.2) is 0 Å². The first kappa shape index (κ1) is 43.3. The number of hydrogen-bond donors (Lipinski definition) is 0. The van der Waals surface area contributed by atoms with Crippen LogP contribution in [0.5, 0.6) is 0 Å². The maximum absolute atomic E-state index is 12.7. The average molecular weight is 642 g/mol. The Morgan fingerprint density at radius 2 is 0.711 bits per heavy atom. The number of nitrogens with zero attached hydrogens (tertiary/aromatic N) is 3. The van der Waals surface area contributed by atoms with Gasteiger partial charge in [-0.2, -0.15) is 0 Å². The van der Waals surface area contributed by atoms with Crippen molar-refractivity contribution in [2.45, 2.75) is 130 Å². The maximum Gasteiger partial charge on any atom is 0.248 e. The lowest BCUT2D eigenvalue weighted by Gasteiger charge is -2.32. The van der Waals surface area contributed by atoms with Gasteiger partial charge in [-0.15, -0.1) is 0 Å². The highest BCUT2D eigenvalue weighted by molar-refractivity contribution is 5.77. The van der Waals surface area contributed by atoms with Gasteiger partial charge < -0.3 is 28.9 Å². The van der Waals surface area contributed by atoms with Crippen molar-refractivity contribution in [2.75, 3.05) is 80.4 Å². The fraction of sp³-hybridized carbons (Fsp3) is 0.917. The summed E-state index contributed by atoms with van der Waals surface area (Å²) in [4.78, 5) is 43.4. The number of carbonyl (C=O) groups excluding carboxylic acids is 3. The first-order valence-corrected chi connectivity index (χ1v) is 18.1. The number of unbranched alkanes of at least 4 members (excludes halogenated alkanes) is 12. The highest BCUT2D eigenvalue weighted by Gasteiger charge is 2.31. The average Bonchev–Trinajstić information content (AvgIpc) is 3.03.